The van der Waals surface area contributed by atoms with Crippen molar-refractivity contribution in [2.45, 2.75) is 25.2 Å². The Morgan fingerprint density at radius 2 is 1.66 bits per heavy atom. The number of halogens is 1. The van der Waals surface area contributed by atoms with E-state index < -0.39 is 0 Å². The van der Waals surface area contributed by atoms with Gasteiger partial charge in [-0.05, 0) is 66.3 Å². The molecule has 2 heteroatoms. The van der Waals surface area contributed by atoms with Crippen LogP contribution in [0.4, 0.5) is 0 Å². The van der Waals surface area contributed by atoms with E-state index in [0.29, 0.717) is 5.92 Å². The maximum absolute atomic E-state index is 3.55. The molecule has 1 nitrogen and oxygen atoms in total. The Hall–Kier alpha value is -3.10. The molecule has 0 fully saturated rings. The second-order valence-electron chi connectivity index (χ2n) is 8.62. The van der Waals surface area contributed by atoms with Crippen LogP contribution in [0.2, 0.25) is 0 Å². The maximum atomic E-state index is 3.55. The van der Waals surface area contributed by atoms with E-state index in [1.807, 2.05) is 0 Å². The molecule has 3 aromatic carbocycles. The van der Waals surface area contributed by atoms with Gasteiger partial charge in [-0.25, -0.2) is 0 Å². The molecule has 1 aromatic heterocycles. The highest BCUT2D eigenvalue weighted by Gasteiger charge is 2.21. The summed E-state index contributed by atoms with van der Waals surface area (Å²) in [5, 5.41) is 1.34. The van der Waals surface area contributed by atoms with Crippen LogP contribution < -0.4 is 0 Å². The summed E-state index contributed by atoms with van der Waals surface area (Å²) in [6.45, 7) is 0. The summed E-state index contributed by atoms with van der Waals surface area (Å²) in [5.41, 5.74) is 9.32. The van der Waals surface area contributed by atoms with E-state index in [2.05, 4.69) is 124 Å². The van der Waals surface area contributed by atoms with Crippen molar-refractivity contribution in [3.63, 3.8) is 0 Å². The van der Waals surface area contributed by atoms with Gasteiger partial charge in [0.05, 0.1) is 5.52 Å². The number of benzene rings is 3. The van der Waals surface area contributed by atoms with E-state index in [-0.39, 0.29) is 0 Å². The Bertz CT molecular complexity index is 1380. The highest BCUT2D eigenvalue weighted by Crippen LogP contribution is 2.38. The van der Waals surface area contributed by atoms with E-state index in [9.17, 15) is 0 Å². The molecule has 0 bridgehead atoms. The van der Waals surface area contributed by atoms with E-state index in [1.54, 1.807) is 0 Å². The molecule has 0 saturated carbocycles. The third-order valence-electron chi connectivity index (χ3n) is 6.68. The lowest BCUT2D eigenvalue weighted by atomic mass is 9.91. The molecule has 156 valence electrons. The molecule has 0 amide bonds. The van der Waals surface area contributed by atoms with Gasteiger partial charge in [-0.3, -0.25) is 0 Å². The van der Waals surface area contributed by atoms with Crippen LogP contribution >= 0.6 is 15.9 Å². The first-order valence-electron chi connectivity index (χ1n) is 11.3. The van der Waals surface area contributed by atoms with Crippen LogP contribution in [-0.4, -0.2) is 4.57 Å². The minimum atomic E-state index is 0.460. The van der Waals surface area contributed by atoms with Crippen molar-refractivity contribution in [2.24, 2.45) is 0 Å². The number of hydrogen-bond acceptors (Lipinski definition) is 0. The molecule has 1 atom stereocenters. The van der Waals surface area contributed by atoms with Gasteiger partial charge in [0.25, 0.3) is 0 Å². The fourth-order valence-electron chi connectivity index (χ4n) is 5.06. The van der Waals surface area contributed by atoms with Crippen molar-refractivity contribution in [1.29, 1.82) is 0 Å². The van der Waals surface area contributed by atoms with Crippen LogP contribution in [0.5, 0.6) is 0 Å². The van der Waals surface area contributed by atoms with Gasteiger partial charge in [0.2, 0.25) is 0 Å². The van der Waals surface area contributed by atoms with E-state index in [1.165, 1.54) is 44.5 Å². The number of hydrogen-bond donors (Lipinski definition) is 0. The Morgan fingerprint density at radius 3 is 2.44 bits per heavy atom. The fourth-order valence-corrected chi connectivity index (χ4v) is 5.33. The van der Waals surface area contributed by atoms with Crippen LogP contribution in [0, 0.1) is 0 Å². The zero-order valence-electron chi connectivity index (χ0n) is 17.8. The molecule has 1 unspecified atom stereocenters. The van der Waals surface area contributed by atoms with Crippen molar-refractivity contribution in [3.05, 3.63) is 118 Å². The normalized spacial score (nSPS) is 17.4. The predicted molar refractivity (Wildman–Crippen MR) is 140 cm³/mol. The fraction of sp³-hybridized carbons (Fsp3) is 0.133. The van der Waals surface area contributed by atoms with Gasteiger partial charge in [0, 0.05) is 32.7 Å². The first-order valence-corrected chi connectivity index (χ1v) is 12.1. The van der Waals surface area contributed by atoms with Crippen LogP contribution in [0.3, 0.4) is 0 Å². The molecule has 32 heavy (non-hydrogen) atoms. The second kappa shape index (κ2) is 8.11. The summed E-state index contributed by atoms with van der Waals surface area (Å²) in [6.07, 6.45) is 15.0. The number of allylic oxidation sites excluding steroid dienone is 5. The van der Waals surface area contributed by atoms with E-state index in [0.717, 1.165) is 23.7 Å². The summed E-state index contributed by atoms with van der Waals surface area (Å²) in [5.74, 6) is 0.460. The summed E-state index contributed by atoms with van der Waals surface area (Å²) in [4.78, 5) is 0. The van der Waals surface area contributed by atoms with Gasteiger partial charge in [0.15, 0.2) is 0 Å². The summed E-state index contributed by atoms with van der Waals surface area (Å²) < 4.78 is 3.61. The standard InChI is InChI=1S/C30H24BrN/c31-25-15-10-23(11-16-25)24-14-19-30-28(20-24)27-8-4-5-9-29(27)32(30)26-17-12-22(13-18-26)21-6-2-1-3-7-21/h1-4,6-8,10-12,14-20,22H,5,9,13H2. The first kappa shape index (κ1) is 19.6. The highest BCUT2D eigenvalue weighted by molar-refractivity contribution is 9.10. The Morgan fingerprint density at radius 1 is 0.844 bits per heavy atom. The van der Waals surface area contributed by atoms with Crippen molar-refractivity contribution >= 4 is 38.6 Å². The minimum Gasteiger partial charge on any atom is -0.313 e. The largest absolute Gasteiger partial charge is 0.313 e. The zero-order valence-corrected chi connectivity index (χ0v) is 19.4. The number of nitrogens with zero attached hydrogens (tertiary/aromatic N) is 1. The van der Waals surface area contributed by atoms with Crippen LogP contribution in [0.25, 0.3) is 33.8 Å². The Balaban J connectivity index is 1.44. The monoisotopic (exact) mass is 477 g/mol. The summed E-state index contributed by atoms with van der Waals surface area (Å²) >= 11 is 3.55. The van der Waals surface area contributed by atoms with Gasteiger partial charge in [-0.1, -0.05) is 88.8 Å². The van der Waals surface area contributed by atoms with Crippen molar-refractivity contribution in [2.75, 3.05) is 0 Å². The lowest BCUT2D eigenvalue weighted by molar-refractivity contribution is 0.838. The number of rotatable bonds is 3. The highest BCUT2D eigenvalue weighted by atomic mass is 79.9. The lowest BCUT2D eigenvalue weighted by Crippen LogP contribution is -2.07. The van der Waals surface area contributed by atoms with Gasteiger partial charge in [-0.15, -0.1) is 0 Å². The van der Waals surface area contributed by atoms with Crippen LogP contribution in [0.15, 0.2) is 102 Å². The lowest BCUT2D eigenvalue weighted by Gasteiger charge is -2.20. The van der Waals surface area contributed by atoms with Crippen LogP contribution in [-0.2, 0) is 6.42 Å². The molecule has 2 aliphatic carbocycles. The molecule has 0 saturated heterocycles. The van der Waals surface area contributed by atoms with Crippen LogP contribution in [0.1, 0.15) is 35.6 Å². The summed E-state index contributed by atoms with van der Waals surface area (Å²) in [7, 11) is 0. The molecule has 0 N–H and O–H groups in total. The predicted octanol–water partition coefficient (Wildman–Crippen LogP) is 8.61. The molecular formula is C30H24BrN. The van der Waals surface area contributed by atoms with Gasteiger partial charge in [-0.2, -0.15) is 0 Å². The average Bonchev–Trinajstić information content (AvgIpc) is 3.19. The number of aromatic nitrogens is 1. The maximum Gasteiger partial charge on any atom is 0.0538 e. The van der Waals surface area contributed by atoms with Crippen molar-refractivity contribution < 1.29 is 0 Å². The molecule has 6 rings (SSSR count). The Labute approximate surface area is 197 Å². The zero-order chi connectivity index (χ0) is 21.5. The molecule has 0 radical (unpaired) electrons. The van der Waals surface area contributed by atoms with Gasteiger partial charge in [0.1, 0.15) is 0 Å². The Kier molecular flexibility index (Phi) is 4.96. The third kappa shape index (κ3) is 3.40. The summed E-state index contributed by atoms with van der Waals surface area (Å²) in [6, 6.07) is 26.3. The molecule has 1 heterocycles. The second-order valence-corrected chi connectivity index (χ2v) is 9.53. The van der Waals surface area contributed by atoms with Crippen molar-refractivity contribution in [3.8, 4) is 11.1 Å². The minimum absolute atomic E-state index is 0.460. The van der Waals surface area contributed by atoms with Gasteiger partial charge < -0.3 is 4.57 Å². The first-order chi connectivity index (χ1) is 15.8. The molecule has 0 spiro atoms. The van der Waals surface area contributed by atoms with E-state index >= 15 is 0 Å². The molecular weight excluding hydrogens is 454 g/mol. The van der Waals surface area contributed by atoms with Crippen molar-refractivity contribution in [1.82, 2.24) is 4.57 Å². The quantitative estimate of drug-likeness (QED) is 0.278. The topological polar surface area (TPSA) is 4.93 Å². The third-order valence-corrected chi connectivity index (χ3v) is 7.21. The molecule has 4 aromatic rings. The SMILES string of the molecule is Brc1ccc(-c2ccc3c(c2)c2c(n3C3=CCC(c4ccccc4)C=C3)CCC=C2)cc1. The number of fused-ring (bicyclic) bond motifs is 3. The van der Waals surface area contributed by atoms with E-state index in [4.69, 9.17) is 0 Å². The average molecular weight is 478 g/mol. The molecule has 0 aliphatic heterocycles. The van der Waals surface area contributed by atoms with Gasteiger partial charge >= 0.3 is 0 Å². The molecule has 2 aliphatic rings. The smallest absolute Gasteiger partial charge is 0.0538 e.